The van der Waals surface area contributed by atoms with E-state index in [9.17, 15) is 9.59 Å². The van der Waals surface area contributed by atoms with Crippen LogP contribution in [-0.4, -0.2) is 15.8 Å². The molecule has 5 nitrogen and oxygen atoms in total. The van der Waals surface area contributed by atoms with Gasteiger partial charge in [-0.25, -0.2) is 0 Å². The summed E-state index contributed by atoms with van der Waals surface area (Å²) in [5.41, 5.74) is 4.09. The van der Waals surface area contributed by atoms with Crippen molar-refractivity contribution in [3.8, 4) is 0 Å². The SMILES string of the molecule is Cc1ccc(C2c3c(oc4cc(C)c(Cl)cc4c3=O)C(=O)N2Cc2cccnc2)cc1. The largest absolute Gasteiger partial charge is 0.450 e. The lowest BCUT2D eigenvalue weighted by molar-refractivity contribution is 0.0714. The maximum Gasteiger partial charge on any atom is 0.291 e. The molecule has 4 aromatic rings. The van der Waals surface area contributed by atoms with Crippen LogP contribution < -0.4 is 5.43 Å². The van der Waals surface area contributed by atoms with Gasteiger partial charge in [-0.1, -0.05) is 47.5 Å². The Labute approximate surface area is 183 Å². The Morgan fingerprint density at radius 3 is 2.58 bits per heavy atom. The molecule has 0 bridgehead atoms. The Balaban J connectivity index is 1.75. The number of nitrogens with zero attached hydrogens (tertiary/aromatic N) is 2. The van der Waals surface area contributed by atoms with Crippen molar-refractivity contribution in [2.24, 2.45) is 0 Å². The predicted octanol–water partition coefficient (Wildman–Crippen LogP) is 5.20. The zero-order valence-electron chi connectivity index (χ0n) is 17.1. The van der Waals surface area contributed by atoms with Crippen LogP contribution >= 0.6 is 11.6 Å². The number of benzene rings is 2. The van der Waals surface area contributed by atoms with Gasteiger partial charge in [-0.2, -0.15) is 0 Å². The van der Waals surface area contributed by atoms with Gasteiger partial charge in [0.2, 0.25) is 5.76 Å². The van der Waals surface area contributed by atoms with Crippen molar-refractivity contribution in [1.29, 1.82) is 0 Å². The Bertz CT molecular complexity index is 1380. The van der Waals surface area contributed by atoms with Crippen LogP contribution in [0.2, 0.25) is 5.02 Å². The molecule has 0 N–H and O–H groups in total. The van der Waals surface area contributed by atoms with Gasteiger partial charge in [0.25, 0.3) is 5.91 Å². The smallest absolute Gasteiger partial charge is 0.291 e. The van der Waals surface area contributed by atoms with Gasteiger partial charge >= 0.3 is 0 Å². The summed E-state index contributed by atoms with van der Waals surface area (Å²) in [7, 11) is 0. The van der Waals surface area contributed by atoms with E-state index in [4.69, 9.17) is 16.0 Å². The Hall–Kier alpha value is -3.44. The molecule has 31 heavy (non-hydrogen) atoms. The van der Waals surface area contributed by atoms with Gasteiger partial charge in [0.05, 0.1) is 17.0 Å². The minimum absolute atomic E-state index is 0.0914. The molecule has 0 radical (unpaired) electrons. The highest BCUT2D eigenvalue weighted by Gasteiger charge is 2.42. The van der Waals surface area contributed by atoms with Crippen molar-refractivity contribution in [1.82, 2.24) is 9.88 Å². The van der Waals surface area contributed by atoms with Crippen molar-refractivity contribution >= 4 is 28.5 Å². The highest BCUT2D eigenvalue weighted by molar-refractivity contribution is 6.32. The average molecular weight is 431 g/mol. The first-order valence-corrected chi connectivity index (χ1v) is 10.3. The van der Waals surface area contributed by atoms with Crippen LogP contribution in [-0.2, 0) is 6.54 Å². The van der Waals surface area contributed by atoms with Crippen molar-refractivity contribution < 1.29 is 9.21 Å². The van der Waals surface area contributed by atoms with Crippen LogP contribution in [0, 0.1) is 13.8 Å². The minimum Gasteiger partial charge on any atom is -0.450 e. The average Bonchev–Trinajstić information content (AvgIpc) is 3.03. The summed E-state index contributed by atoms with van der Waals surface area (Å²) >= 11 is 6.28. The van der Waals surface area contributed by atoms with E-state index in [1.807, 2.05) is 50.2 Å². The maximum absolute atomic E-state index is 13.6. The number of carbonyl (C=O) groups excluding carboxylic acids is 1. The van der Waals surface area contributed by atoms with Gasteiger partial charge in [0.15, 0.2) is 5.43 Å². The standard InChI is InChI=1S/C25H19ClN2O3/c1-14-5-7-17(8-6-14)22-21-23(29)18-11-19(26)15(2)10-20(18)31-24(21)25(30)28(22)13-16-4-3-9-27-12-16/h3-12,22H,13H2,1-2H3. The number of pyridine rings is 1. The fraction of sp³-hybridized carbons (Fsp3) is 0.160. The highest BCUT2D eigenvalue weighted by Crippen LogP contribution is 2.39. The number of carbonyl (C=O) groups is 1. The summed E-state index contributed by atoms with van der Waals surface area (Å²) in [6.45, 7) is 4.14. The Kier molecular flexibility index (Phi) is 4.63. The van der Waals surface area contributed by atoms with E-state index in [1.54, 1.807) is 29.4 Å². The number of rotatable bonds is 3. The quantitative estimate of drug-likeness (QED) is 0.448. The zero-order chi connectivity index (χ0) is 21.7. The first kappa shape index (κ1) is 19.5. The topological polar surface area (TPSA) is 63.4 Å². The number of aryl methyl sites for hydroxylation is 2. The van der Waals surface area contributed by atoms with E-state index < -0.39 is 6.04 Å². The number of hydrogen-bond acceptors (Lipinski definition) is 4. The summed E-state index contributed by atoms with van der Waals surface area (Å²) in [6, 6.07) is 14.4. The van der Waals surface area contributed by atoms with Gasteiger partial charge in [0.1, 0.15) is 5.58 Å². The number of amides is 1. The molecule has 2 aromatic heterocycles. The normalized spacial score (nSPS) is 15.5. The van der Waals surface area contributed by atoms with Crippen LogP contribution in [0.25, 0.3) is 11.0 Å². The third-order valence-electron chi connectivity index (χ3n) is 5.72. The molecule has 3 heterocycles. The summed E-state index contributed by atoms with van der Waals surface area (Å²) in [5.74, 6) is -0.218. The summed E-state index contributed by atoms with van der Waals surface area (Å²) in [6.07, 6.45) is 3.41. The molecule has 1 atom stereocenters. The molecule has 1 aliphatic heterocycles. The van der Waals surface area contributed by atoms with E-state index in [0.29, 0.717) is 28.1 Å². The molecule has 0 aliphatic carbocycles. The van der Waals surface area contributed by atoms with Crippen LogP contribution in [0.1, 0.15) is 44.4 Å². The fourth-order valence-corrected chi connectivity index (χ4v) is 4.25. The summed E-state index contributed by atoms with van der Waals surface area (Å²) in [5, 5.41) is 0.866. The first-order chi connectivity index (χ1) is 14.9. The molecule has 0 fully saturated rings. The van der Waals surface area contributed by atoms with Crippen molar-refractivity contribution in [3.63, 3.8) is 0 Å². The van der Waals surface area contributed by atoms with E-state index in [0.717, 1.165) is 22.3 Å². The molecular weight excluding hydrogens is 412 g/mol. The van der Waals surface area contributed by atoms with Crippen LogP contribution in [0.3, 0.4) is 0 Å². The molecule has 0 saturated heterocycles. The predicted molar refractivity (Wildman–Crippen MR) is 119 cm³/mol. The van der Waals surface area contributed by atoms with E-state index >= 15 is 0 Å². The third-order valence-corrected chi connectivity index (χ3v) is 6.12. The second-order valence-electron chi connectivity index (χ2n) is 7.88. The first-order valence-electron chi connectivity index (χ1n) is 9.97. The van der Waals surface area contributed by atoms with Crippen LogP contribution in [0.15, 0.2) is 70.1 Å². The Morgan fingerprint density at radius 1 is 1.10 bits per heavy atom. The lowest BCUT2D eigenvalue weighted by atomic mass is 9.97. The van der Waals surface area contributed by atoms with Gasteiger partial charge < -0.3 is 9.32 Å². The van der Waals surface area contributed by atoms with Gasteiger partial charge in [-0.15, -0.1) is 0 Å². The van der Waals surface area contributed by atoms with E-state index in [-0.39, 0.29) is 17.1 Å². The number of halogens is 1. The molecule has 1 amide bonds. The lowest BCUT2D eigenvalue weighted by Crippen LogP contribution is -2.29. The fourth-order valence-electron chi connectivity index (χ4n) is 4.09. The third kappa shape index (κ3) is 3.22. The van der Waals surface area contributed by atoms with Crippen LogP contribution in [0.5, 0.6) is 0 Å². The van der Waals surface area contributed by atoms with Crippen molar-refractivity contribution in [2.45, 2.75) is 26.4 Å². The lowest BCUT2D eigenvalue weighted by Gasteiger charge is -2.25. The van der Waals surface area contributed by atoms with Gasteiger partial charge in [-0.3, -0.25) is 14.6 Å². The van der Waals surface area contributed by atoms with Gasteiger partial charge in [0, 0.05) is 24.0 Å². The maximum atomic E-state index is 13.6. The second-order valence-corrected chi connectivity index (χ2v) is 8.29. The molecule has 1 aliphatic rings. The molecule has 0 saturated carbocycles. The van der Waals surface area contributed by atoms with Crippen molar-refractivity contribution in [3.05, 3.63) is 110 Å². The minimum atomic E-state index is -0.552. The molecule has 5 rings (SSSR count). The molecule has 154 valence electrons. The Morgan fingerprint density at radius 2 is 1.87 bits per heavy atom. The molecule has 0 spiro atoms. The number of fused-ring (bicyclic) bond motifs is 2. The van der Waals surface area contributed by atoms with Crippen LogP contribution in [0.4, 0.5) is 0 Å². The monoisotopic (exact) mass is 430 g/mol. The number of aromatic nitrogens is 1. The molecular formula is C25H19ClN2O3. The van der Waals surface area contributed by atoms with Gasteiger partial charge in [-0.05, 0) is 48.7 Å². The summed E-state index contributed by atoms with van der Waals surface area (Å²) in [4.78, 5) is 32.8. The zero-order valence-corrected chi connectivity index (χ0v) is 17.8. The number of hydrogen-bond donors (Lipinski definition) is 0. The highest BCUT2D eigenvalue weighted by atomic mass is 35.5. The molecule has 1 unspecified atom stereocenters. The van der Waals surface area contributed by atoms with Crippen molar-refractivity contribution in [2.75, 3.05) is 0 Å². The molecule has 6 heteroatoms. The summed E-state index contributed by atoms with van der Waals surface area (Å²) < 4.78 is 6.01. The second kappa shape index (κ2) is 7.36. The molecule has 2 aromatic carbocycles. The van der Waals surface area contributed by atoms with E-state index in [1.165, 1.54) is 0 Å². The van der Waals surface area contributed by atoms with E-state index in [2.05, 4.69) is 4.98 Å².